The largest absolute Gasteiger partial charge is 0.0976 e. The van der Waals surface area contributed by atoms with E-state index in [0.717, 1.165) is 57.2 Å². The fourth-order valence-electron chi connectivity index (χ4n) is 2.17. The number of rotatable bonds is 22. The zero-order chi connectivity index (χ0) is 45.7. The molecule has 56 heavy (non-hydrogen) atoms. The molecule has 2 atom stereocenters. The Balaban J connectivity index is -0.000000101. The summed E-state index contributed by atoms with van der Waals surface area (Å²) in [4.78, 5) is 0. The van der Waals surface area contributed by atoms with E-state index in [0.29, 0.717) is 4.75 Å². The van der Waals surface area contributed by atoms with Crippen molar-refractivity contribution in [1.29, 1.82) is 0 Å². The number of hydrogen-bond acceptors (Lipinski definition) is 12. The molecule has 0 amide bonds. The summed E-state index contributed by atoms with van der Waals surface area (Å²) in [5.74, 6) is 12.2. The van der Waals surface area contributed by atoms with Gasteiger partial charge in [-0.05, 0) is 66.6 Å². The molecule has 12 heteroatoms. The van der Waals surface area contributed by atoms with Crippen LogP contribution < -0.4 is 0 Å². The van der Waals surface area contributed by atoms with Gasteiger partial charge in [0.15, 0.2) is 0 Å². The Hall–Kier alpha value is 4.20. The van der Waals surface area contributed by atoms with Crippen LogP contribution in [0.5, 0.6) is 0 Å². The van der Waals surface area contributed by atoms with Gasteiger partial charge in [-0.2, -0.15) is 0 Å². The number of hydrogen-bond donors (Lipinski definition) is 0. The van der Waals surface area contributed by atoms with E-state index in [1.54, 1.807) is 0 Å². The minimum Gasteiger partial charge on any atom is -0.0976 e. The van der Waals surface area contributed by atoms with Crippen LogP contribution in [0.2, 0.25) is 0 Å². The molecule has 0 bridgehead atoms. The molecule has 0 aromatic carbocycles. The second-order valence-electron chi connectivity index (χ2n) is 17.1. The van der Waals surface area contributed by atoms with Crippen molar-refractivity contribution in [1.82, 2.24) is 0 Å². The van der Waals surface area contributed by atoms with E-state index in [4.69, 9.17) is 0 Å². The summed E-state index contributed by atoms with van der Waals surface area (Å²) in [6.07, 6.45) is 9.00. The first-order chi connectivity index (χ1) is 25.8. The van der Waals surface area contributed by atoms with Crippen molar-refractivity contribution < 1.29 is 0 Å². The van der Waals surface area contributed by atoms with Crippen LogP contribution in [0.3, 0.4) is 0 Å². The minimum atomic E-state index is 0.416. The van der Waals surface area contributed by atoms with E-state index in [1.807, 2.05) is 130 Å². The predicted molar refractivity (Wildman–Crippen MR) is 311 cm³/mol. The van der Waals surface area contributed by atoms with Gasteiger partial charge in [0, 0.05) is 49.3 Å². The van der Waals surface area contributed by atoms with Gasteiger partial charge >= 0.3 is 0 Å². The lowest BCUT2D eigenvalue weighted by atomic mass is 10.1. The second kappa shape index (κ2) is 57.2. The van der Waals surface area contributed by atoms with Gasteiger partial charge in [-0.1, -0.05) is 295 Å². The minimum absolute atomic E-state index is 0.416. The maximum absolute atomic E-state index is 2.29. The Morgan fingerprint density at radius 2 is 0.786 bits per heavy atom. The van der Waals surface area contributed by atoms with Gasteiger partial charge in [-0.25, -0.2) is 0 Å². The van der Waals surface area contributed by atoms with Crippen molar-refractivity contribution in [2.24, 2.45) is 41.4 Å². The van der Waals surface area contributed by atoms with E-state index in [2.05, 4.69) is 178 Å². The summed E-state index contributed by atoms with van der Waals surface area (Å²) in [6, 6.07) is 0. The molecule has 0 nitrogen and oxygen atoms in total. The third kappa shape index (κ3) is 97.5. The third-order valence-corrected chi connectivity index (χ3v) is 23.0. The van der Waals surface area contributed by atoms with E-state index >= 15 is 0 Å². The first-order valence-corrected chi connectivity index (χ1v) is 36.3. The maximum atomic E-state index is 2.29. The van der Waals surface area contributed by atoms with E-state index in [1.165, 1.54) is 41.6 Å². The molecule has 0 unspecified atom stereocenters. The average molecular weight is 1020 g/mol. The fourth-order valence-corrected chi connectivity index (χ4v) is 15.7. The summed E-state index contributed by atoms with van der Waals surface area (Å²) in [5, 5.41) is 2.42. The summed E-state index contributed by atoms with van der Waals surface area (Å²) in [6.45, 7) is 51.7. The highest BCUT2D eigenvalue weighted by Gasteiger charge is 2.11. The Kier molecular flexibility index (Phi) is 76.2. The van der Waals surface area contributed by atoms with Gasteiger partial charge in [0.1, 0.15) is 0 Å². The lowest BCUT2D eigenvalue weighted by Gasteiger charge is -2.16. The van der Waals surface area contributed by atoms with Crippen molar-refractivity contribution in [3.8, 4) is 0 Å². The molecular weight excluding hydrogens is 913 g/mol. The molecule has 0 rings (SSSR count). The Labute approximate surface area is 406 Å². The first-order valence-electron chi connectivity index (χ1n) is 21.1. The van der Waals surface area contributed by atoms with Crippen LogP contribution in [0.4, 0.5) is 0 Å². The SMILES string of the molecule is CC(C)CSSC(C)(C)C.CC(C)CSSC(C)C.CCC(C)C.CCSSCC(C)C.CC[C@H](SSC)C(C)C.CSSCC(C)C.CSS[C@@H](C)C(C)C. The van der Waals surface area contributed by atoms with Crippen LogP contribution in [0, 0.1) is 41.4 Å². The second-order valence-corrected chi connectivity index (χ2v) is 34.2. The van der Waals surface area contributed by atoms with Crippen molar-refractivity contribution in [2.75, 3.05) is 47.5 Å². The molecule has 0 radical (unpaired) electrons. The third-order valence-electron chi connectivity index (χ3n) is 5.86. The molecule has 0 fully saturated rings. The van der Waals surface area contributed by atoms with E-state index in [9.17, 15) is 0 Å². The zero-order valence-corrected chi connectivity index (χ0v) is 51.9. The highest BCUT2D eigenvalue weighted by Crippen LogP contribution is 2.36. The van der Waals surface area contributed by atoms with Crippen molar-refractivity contribution >= 4 is 130 Å². The van der Waals surface area contributed by atoms with Crippen molar-refractivity contribution in [3.63, 3.8) is 0 Å². The zero-order valence-electron chi connectivity index (χ0n) is 42.1. The Morgan fingerprint density at radius 3 is 1.00 bits per heavy atom. The van der Waals surface area contributed by atoms with Gasteiger partial charge in [0.2, 0.25) is 0 Å². The molecule has 0 saturated heterocycles. The maximum Gasteiger partial charge on any atom is 0.0179 e. The Morgan fingerprint density at radius 1 is 0.393 bits per heavy atom. The molecule has 0 spiro atoms. The lowest BCUT2D eigenvalue weighted by molar-refractivity contribution is 0.596. The molecule has 0 saturated carbocycles. The summed E-state index contributed by atoms with van der Waals surface area (Å²) in [5.41, 5.74) is 0. The molecule has 0 aliphatic heterocycles. The molecule has 0 aliphatic rings. The van der Waals surface area contributed by atoms with Gasteiger partial charge in [-0.15, -0.1) is 0 Å². The van der Waals surface area contributed by atoms with Crippen molar-refractivity contribution in [2.45, 2.75) is 193 Å². The summed E-state index contributed by atoms with van der Waals surface area (Å²) in [7, 11) is 23.3. The molecule has 0 N–H and O–H groups in total. The van der Waals surface area contributed by atoms with Crippen LogP contribution in [0.15, 0.2) is 0 Å². The molecular formula is C44H102S12. The van der Waals surface area contributed by atoms with Crippen LogP contribution in [-0.2, 0) is 0 Å². The standard InChI is InChI=1S/C8H18S2.2C7H16S2.2C6H14S2.C5H12S2.C5H12/c1-7(2)6-9-10-8(3,4)5;1-6(2)5-8-9-7(3)4;1-5-7(6(2)3)9-8-4;1-5(2)6(3)8-7-4;1-4-7-8-5-6(2)3;1-5(2)4-7-6-3;1-4-5(2)3/h7H,6H2,1-5H3;2*6-7H,5H2,1-4H3;5-6H,1-4H3;6H,4-5H2,1-3H3;5H,4H2,1-3H3;5H,4H2,1-3H3/t;;7-;6-;;;/m..00.../s1. The smallest absolute Gasteiger partial charge is 0.0179 e. The quantitative estimate of drug-likeness (QED) is 0.0749. The molecule has 0 aromatic rings. The van der Waals surface area contributed by atoms with Gasteiger partial charge in [0.25, 0.3) is 0 Å². The average Bonchev–Trinajstić information content (AvgIpc) is 3.06. The summed E-state index contributed by atoms with van der Waals surface area (Å²) < 4.78 is 0.416. The van der Waals surface area contributed by atoms with Crippen LogP contribution in [-0.4, -0.2) is 68.0 Å². The van der Waals surface area contributed by atoms with E-state index in [-0.39, 0.29) is 0 Å². The molecule has 0 aromatic heterocycles. The van der Waals surface area contributed by atoms with E-state index < -0.39 is 0 Å². The first kappa shape index (κ1) is 74.5. The fraction of sp³-hybridized carbons (Fsp3) is 1.00. The van der Waals surface area contributed by atoms with Crippen molar-refractivity contribution in [3.05, 3.63) is 0 Å². The monoisotopic (exact) mass is 1010 g/mol. The van der Waals surface area contributed by atoms with Gasteiger partial charge in [-0.3, -0.25) is 0 Å². The topological polar surface area (TPSA) is 0 Å². The highest BCUT2D eigenvalue weighted by molar-refractivity contribution is 8.78. The van der Waals surface area contributed by atoms with Crippen LogP contribution in [0.25, 0.3) is 0 Å². The molecule has 0 aliphatic carbocycles. The normalized spacial score (nSPS) is 12.1. The summed E-state index contributed by atoms with van der Waals surface area (Å²) >= 11 is 0. The highest BCUT2D eigenvalue weighted by atomic mass is 33.1. The van der Waals surface area contributed by atoms with Gasteiger partial charge < -0.3 is 0 Å². The molecule has 0 heterocycles. The van der Waals surface area contributed by atoms with Crippen LogP contribution >= 0.6 is 130 Å². The van der Waals surface area contributed by atoms with Gasteiger partial charge in [0.05, 0.1) is 0 Å². The lowest BCUT2D eigenvalue weighted by Crippen LogP contribution is -2.07. The van der Waals surface area contributed by atoms with Crippen LogP contribution in [0.1, 0.15) is 172 Å². The Bertz CT molecular complexity index is 644. The molecule has 350 valence electrons. The predicted octanol–water partition coefficient (Wildman–Crippen LogP) is 21.5.